The maximum atomic E-state index is 12.3. The molecule has 120 valence electrons. The van der Waals surface area contributed by atoms with E-state index in [9.17, 15) is 4.79 Å². The minimum Gasteiger partial charge on any atom is -0.359 e. The predicted octanol–water partition coefficient (Wildman–Crippen LogP) is 2.15. The topological polar surface area (TPSA) is 85.3 Å². The van der Waals surface area contributed by atoms with Crippen LogP contribution in [0.5, 0.6) is 0 Å². The van der Waals surface area contributed by atoms with Crippen molar-refractivity contribution in [2.24, 2.45) is 5.92 Å². The van der Waals surface area contributed by atoms with Gasteiger partial charge in [0, 0.05) is 18.3 Å². The number of amides is 1. The average molecular weight is 313 g/mol. The molecule has 0 spiro atoms. The fraction of sp³-hybridized carbons (Fsp3) is 0.375. The molecule has 3 rings (SSSR count). The van der Waals surface area contributed by atoms with Gasteiger partial charge in [-0.3, -0.25) is 4.79 Å². The second-order valence-electron chi connectivity index (χ2n) is 5.92. The zero-order chi connectivity index (χ0) is 16.4. The highest BCUT2D eigenvalue weighted by atomic mass is 16.5. The van der Waals surface area contributed by atoms with Crippen LogP contribution in [0.25, 0.3) is 5.65 Å². The van der Waals surface area contributed by atoms with Crippen molar-refractivity contribution in [1.29, 1.82) is 0 Å². The molecule has 0 aliphatic carbocycles. The number of nitrogens with zero attached hydrogens (tertiary/aromatic N) is 4. The number of nitrogens with one attached hydrogen (secondary N) is 1. The van der Waals surface area contributed by atoms with Crippen LogP contribution in [0.15, 0.2) is 29.0 Å². The van der Waals surface area contributed by atoms with E-state index in [1.54, 1.807) is 23.0 Å². The summed E-state index contributed by atoms with van der Waals surface area (Å²) in [5, 5.41) is 11.0. The van der Waals surface area contributed by atoms with Gasteiger partial charge < -0.3 is 9.84 Å². The Bertz CT molecular complexity index is 834. The van der Waals surface area contributed by atoms with E-state index < -0.39 is 0 Å². The molecule has 3 aromatic rings. The van der Waals surface area contributed by atoms with Gasteiger partial charge >= 0.3 is 0 Å². The zero-order valence-electron chi connectivity index (χ0n) is 13.4. The first kappa shape index (κ1) is 15.2. The van der Waals surface area contributed by atoms with Crippen LogP contribution in [0.2, 0.25) is 0 Å². The minimum absolute atomic E-state index is 0.214. The van der Waals surface area contributed by atoms with Crippen molar-refractivity contribution in [3.05, 3.63) is 47.2 Å². The number of hydrogen-bond donors (Lipinski definition) is 1. The highest BCUT2D eigenvalue weighted by Crippen LogP contribution is 2.11. The number of aromatic nitrogens is 4. The van der Waals surface area contributed by atoms with E-state index in [2.05, 4.69) is 34.4 Å². The first-order valence-corrected chi connectivity index (χ1v) is 7.56. The highest BCUT2D eigenvalue weighted by molar-refractivity contribution is 5.95. The highest BCUT2D eigenvalue weighted by Gasteiger charge is 2.14. The van der Waals surface area contributed by atoms with E-state index in [4.69, 9.17) is 4.52 Å². The Kier molecular flexibility index (Phi) is 4.10. The van der Waals surface area contributed by atoms with Crippen molar-refractivity contribution >= 4 is 11.6 Å². The third-order valence-corrected chi connectivity index (χ3v) is 3.55. The van der Waals surface area contributed by atoms with Gasteiger partial charge in [-0.15, -0.1) is 0 Å². The van der Waals surface area contributed by atoms with Gasteiger partial charge in [-0.25, -0.2) is 9.50 Å². The molecule has 1 N–H and O–H groups in total. The molecule has 0 fully saturated rings. The first-order chi connectivity index (χ1) is 11.0. The Morgan fingerprint density at radius 2 is 2.26 bits per heavy atom. The number of fused-ring (bicyclic) bond motifs is 1. The van der Waals surface area contributed by atoms with Crippen molar-refractivity contribution in [2.75, 3.05) is 0 Å². The average Bonchev–Trinajstić information content (AvgIpc) is 3.14. The van der Waals surface area contributed by atoms with Crippen LogP contribution in [0.3, 0.4) is 0 Å². The molecule has 0 atom stereocenters. The third-order valence-electron chi connectivity index (χ3n) is 3.55. The molecule has 0 bridgehead atoms. The zero-order valence-corrected chi connectivity index (χ0v) is 13.4. The SMILES string of the molecule is Cc1c(C(=O)NCc2cc(CC(C)C)no2)cnc2ccnn12. The van der Waals surface area contributed by atoms with Crippen LogP contribution in [-0.2, 0) is 13.0 Å². The van der Waals surface area contributed by atoms with Crippen molar-refractivity contribution in [3.8, 4) is 0 Å². The molecule has 7 nitrogen and oxygen atoms in total. The lowest BCUT2D eigenvalue weighted by Crippen LogP contribution is -2.24. The Morgan fingerprint density at radius 1 is 1.43 bits per heavy atom. The van der Waals surface area contributed by atoms with E-state index >= 15 is 0 Å². The monoisotopic (exact) mass is 313 g/mol. The lowest BCUT2D eigenvalue weighted by atomic mass is 10.1. The maximum absolute atomic E-state index is 12.3. The summed E-state index contributed by atoms with van der Waals surface area (Å²) in [6.45, 7) is 6.38. The van der Waals surface area contributed by atoms with Crippen molar-refractivity contribution < 1.29 is 9.32 Å². The quantitative estimate of drug-likeness (QED) is 0.780. The van der Waals surface area contributed by atoms with Gasteiger partial charge in [0.15, 0.2) is 11.4 Å². The molecule has 0 saturated carbocycles. The molecule has 0 aliphatic heterocycles. The number of rotatable bonds is 5. The number of carbonyl (C=O) groups is 1. The van der Waals surface area contributed by atoms with Gasteiger partial charge in [0.25, 0.3) is 5.91 Å². The van der Waals surface area contributed by atoms with Crippen molar-refractivity contribution in [2.45, 2.75) is 33.7 Å². The van der Waals surface area contributed by atoms with E-state index in [-0.39, 0.29) is 5.91 Å². The molecule has 0 saturated heterocycles. The molecule has 7 heteroatoms. The largest absolute Gasteiger partial charge is 0.359 e. The van der Waals surface area contributed by atoms with Crippen molar-refractivity contribution in [1.82, 2.24) is 25.1 Å². The van der Waals surface area contributed by atoms with Gasteiger partial charge in [0.05, 0.1) is 29.7 Å². The first-order valence-electron chi connectivity index (χ1n) is 7.56. The molecule has 1 amide bonds. The Morgan fingerprint density at radius 3 is 3.04 bits per heavy atom. The summed E-state index contributed by atoms with van der Waals surface area (Å²) in [6.07, 6.45) is 4.07. The number of carbonyl (C=O) groups excluding carboxylic acids is 1. The van der Waals surface area contributed by atoms with Crippen LogP contribution in [0, 0.1) is 12.8 Å². The van der Waals surface area contributed by atoms with Gasteiger partial charge in [0.1, 0.15) is 0 Å². The van der Waals surface area contributed by atoms with Crippen LogP contribution < -0.4 is 5.32 Å². The predicted molar refractivity (Wildman–Crippen MR) is 83.9 cm³/mol. The summed E-state index contributed by atoms with van der Waals surface area (Å²) >= 11 is 0. The standard InChI is InChI=1S/C16H19N5O2/c1-10(2)6-12-7-13(23-20-12)8-18-16(22)14-9-17-15-4-5-19-21(15)11(14)3/h4-5,7,9-10H,6,8H2,1-3H3,(H,18,22). The summed E-state index contributed by atoms with van der Waals surface area (Å²) in [6, 6.07) is 3.67. The van der Waals surface area contributed by atoms with E-state index in [0.29, 0.717) is 29.4 Å². The Hall–Kier alpha value is -2.70. The summed E-state index contributed by atoms with van der Waals surface area (Å²) in [7, 11) is 0. The molecule has 3 heterocycles. The van der Waals surface area contributed by atoms with Gasteiger partial charge in [-0.05, 0) is 19.3 Å². The van der Waals surface area contributed by atoms with Crippen LogP contribution >= 0.6 is 0 Å². The second-order valence-corrected chi connectivity index (χ2v) is 5.92. The molecule has 0 unspecified atom stereocenters. The van der Waals surface area contributed by atoms with Gasteiger partial charge in [-0.2, -0.15) is 5.10 Å². The van der Waals surface area contributed by atoms with Crippen LogP contribution in [0.1, 0.15) is 41.4 Å². The molecular formula is C16H19N5O2. The Balaban J connectivity index is 1.68. The Labute approximate surface area is 133 Å². The molecule has 23 heavy (non-hydrogen) atoms. The number of aryl methyl sites for hydroxylation is 1. The fourth-order valence-corrected chi connectivity index (χ4v) is 2.43. The lowest BCUT2D eigenvalue weighted by molar-refractivity contribution is 0.0945. The van der Waals surface area contributed by atoms with E-state index in [1.807, 2.05) is 13.0 Å². The molecular weight excluding hydrogens is 294 g/mol. The smallest absolute Gasteiger partial charge is 0.255 e. The summed E-state index contributed by atoms with van der Waals surface area (Å²) in [5.41, 5.74) is 2.85. The summed E-state index contributed by atoms with van der Waals surface area (Å²) in [5.74, 6) is 0.936. The van der Waals surface area contributed by atoms with Crippen LogP contribution in [-0.4, -0.2) is 25.7 Å². The van der Waals surface area contributed by atoms with Gasteiger partial charge in [-0.1, -0.05) is 19.0 Å². The lowest BCUT2D eigenvalue weighted by Gasteiger charge is -2.07. The molecule has 0 aromatic carbocycles. The molecule has 0 aliphatic rings. The van der Waals surface area contributed by atoms with Crippen molar-refractivity contribution in [3.63, 3.8) is 0 Å². The van der Waals surface area contributed by atoms with Crippen LogP contribution in [0.4, 0.5) is 0 Å². The van der Waals surface area contributed by atoms with E-state index in [0.717, 1.165) is 17.8 Å². The molecule has 0 radical (unpaired) electrons. The third kappa shape index (κ3) is 3.23. The minimum atomic E-state index is -0.214. The van der Waals surface area contributed by atoms with E-state index in [1.165, 1.54) is 0 Å². The fourth-order valence-electron chi connectivity index (χ4n) is 2.43. The summed E-state index contributed by atoms with van der Waals surface area (Å²) < 4.78 is 6.88. The van der Waals surface area contributed by atoms with Gasteiger partial charge in [0.2, 0.25) is 0 Å². The maximum Gasteiger partial charge on any atom is 0.255 e. The second kappa shape index (κ2) is 6.20. The number of hydrogen-bond acceptors (Lipinski definition) is 5. The summed E-state index contributed by atoms with van der Waals surface area (Å²) in [4.78, 5) is 16.6. The molecule has 3 aromatic heterocycles. The normalized spacial score (nSPS) is 11.3.